The molecule has 0 saturated carbocycles. The summed E-state index contributed by atoms with van der Waals surface area (Å²) in [5.41, 5.74) is 1.07. The van der Waals surface area contributed by atoms with Gasteiger partial charge in [-0.3, -0.25) is 0 Å². The Bertz CT molecular complexity index is 380. The Hall–Kier alpha value is -0.770. The zero-order valence-electron chi connectivity index (χ0n) is 12.2. The minimum atomic E-state index is 0.232. The van der Waals surface area contributed by atoms with Gasteiger partial charge in [-0.25, -0.2) is 0 Å². The zero-order chi connectivity index (χ0) is 14.3. The van der Waals surface area contributed by atoms with Gasteiger partial charge in [-0.2, -0.15) is 0 Å². The molecule has 3 nitrogen and oxygen atoms in total. The fraction of sp³-hybridized carbons (Fsp3) is 0.600. The van der Waals surface area contributed by atoms with Crippen molar-refractivity contribution in [3.8, 4) is 5.75 Å². The summed E-state index contributed by atoms with van der Waals surface area (Å²) in [5, 5.41) is 4.10. The largest absolute Gasteiger partial charge is 0.491 e. The summed E-state index contributed by atoms with van der Waals surface area (Å²) < 4.78 is 11.2. The number of hydrogen-bond acceptors (Lipinski definition) is 3. The van der Waals surface area contributed by atoms with Crippen LogP contribution in [0.15, 0.2) is 18.2 Å². The molecule has 0 fully saturated rings. The molecule has 1 aromatic rings. The Morgan fingerprint density at radius 1 is 1.16 bits per heavy atom. The second-order valence-corrected chi connectivity index (χ2v) is 5.49. The first kappa shape index (κ1) is 16.3. The summed E-state index contributed by atoms with van der Waals surface area (Å²) in [5.74, 6) is 0.866. The summed E-state index contributed by atoms with van der Waals surface area (Å²) >= 11 is 6.03. The normalized spacial score (nSPS) is 11.3. The molecule has 1 N–H and O–H groups in total. The predicted octanol–water partition coefficient (Wildman–Crippen LogP) is 3.64. The Morgan fingerprint density at radius 2 is 1.89 bits per heavy atom. The lowest BCUT2D eigenvalue weighted by Gasteiger charge is -2.15. The van der Waals surface area contributed by atoms with Crippen molar-refractivity contribution in [3.05, 3.63) is 28.8 Å². The highest BCUT2D eigenvalue weighted by Crippen LogP contribution is 2.23. The van der Waals surface area contributed by atoms with Crippen LogP contribution in [0.2, 0.25) is 5.02 Å². The van der Waals surface area contributed by atoms with Crippen LogP contribution in [-0.4, -0.2) is 25.4 Å². The third-order valence-electron chi connectivity index (χ3n) is 2.52. The highest BCUT2D eigenvalue weighted by atomic mass is 35.5. The van der Waals surface area contributed by atoms with Gasteiger partial charge >= 0.3 is 0 Å². The van der Waals surface area contributed by atoms with Crippen molar-refractivity contribution < 1.29 is 9.47 Å². The van der Waals surface area contributed by atoms with Gasteiger partial charge < -0.3 is 14.8 Å². The van der Waals surface area contributed by atoms with Gasteiger partial charge in [-0.15, -0.1) is 0 Å². The van der Waals surface area contributed by atoms with Gasteiger partial charge in [0.2, 0.25) is 0 Å². The summed E-state index contributed by atoms with van der Waals surface area (Å²) in [6.45, 7) is 10.1. The van der Waals surface area contributed by atoms with Crippen molar-refractivity contribution in [3.63, 3.8) is 0 Å². The fourth-order valence-corrected chi connectivity index (χ4v) is 1.77. The molecule has 1 rings (SSSR count). The van der Waals surface area contributed by atoms with Crippen LogP contribution in [-0.2, 0) is 11.3 Å². The Balaban J connectivity index is 2.55. The van der Waals surface area contributed by atoms with Crippen LogP contribution in [0, 0.1) is 0 Å². The van der Waals surface area contributed by atoms with E-state index in [1.165, 1.54) is 0 Å². The van der Waals surface area contributed by atoms with Crippen molar-refractivity contribution in [2.45, 2.75) is 46.4 Å². The van der Waals surface area contributed by atoms with Crippen molar-refractivity contribution >= 4 is 11.6 Å². The Morgan fingerprint density at radius 3 is 2.53 bits per heavy atom. The second-order valence-electron chi connectivity index (χ2n) is 5.06. The molecule has 0 amide bonds. The van der Waals surface area contributed by atoms with E-state index in [-0.39, 0.29) is 6.10 Å². The average molecular weight is 286 g/mol. The molecular formula is C15H24ClNO2. The number of benzene rings is 1. The van der Waals surface area contributed by atoms with Gasteiger partial charge in [-0.1, -0.05) is 25.4 Å². The molecule has 0 aromatic heterocycles. The summed E-state index contributed by atoms with van der Waals surface area (Å²) in [6, 6.07) is 6.13. The van der Waals surface area contributed by atoms with Crippen LogP contribution in [0.1, 0.15) is 33.3 Å². The molecule has 0 radical (unpaired) electrons. The summed E-state index contributed by atoms with van der Waals surface area (Å²) in [7, 11) is 0. The molecule has 0 heterocycles. The van der Waals surface area contributed by atoms with Gasteiger partial charge in [0.15, 0.2) is 0 Å². The Kier molecular flexibility index (Phi) is 7.21. The lowest BCUT2D eigenvalue weighted by Crippen LogP contribution is -2.22. The SMILES string of the molecule is CC(C)NCc1cc(Cl)ccc1OCCOC(C)C. The monoisotopic (exact) mass is 285 g/mol. The van der Waals surface area contributed by atoms with Crippen LogP contribution < -0.4 is 10.1 Å². The molecule has 19 heavy (non-hydrogen) atoms. The van der Waals surface area contributed by atoms with Crippen molar-refractivity contribution in [2.75, 3.05) is 13.2 Å². The van der Waals surface area contributed by atoms with E-state index in [0.717, 1.165) is 22.9 Å². The van der Waals surface area contributed by atoms with Gasteiger partial charge in [0.05, 0.1) is 12.7 Å². The maximum absolute atomic E-state index is 6.03. The molecule has 0 aliphatic heterocycles. The topological polar surface area (TPSA) is 30.5 Å². The molecule has 4 heteroatoms. The van der Waals surface area contributed by atoms with E-state index in [1.807, 2.05) is 32.0 Å². The molecule has 0 atom stereocenters. The molecule has 1 aromatic carbocycles. The van der Waals surface area contributed by atoms with Crippen molar-refractivity contribution in [1.82, 2.24) is 5.32 Å². The van der Waals surface area contributed by atoms with Gasteiger partial charge in [-0.05, 0) is 32.0 Å². The quantitative estimate of drug-likeness (QED) is 0.740. The van der Waals surface area contributed by atoms with Gasteiger partial charge in [0.25, 0.3) is 0 Å². The van der Waals surface area contributed by atoms with E-state index in [1.54, 1.807) is 0 Å². The first-order chi connectivity index (χ1) is 8.99. The molecule has 0 saturated heterocycles. The predicted molar refractivity (Wildman–Crippen MR) is 80.0 cm³/mol. The van der Waals surface area contributed by atoms with Crippen LogP contribution in [0.3, 0.4) is 0 Å². The smallest absolute Gasteiger partial charge is 0.124 e. The first-order valence-electron chi connectivity index (χ1n) is 6.75. The standard InChI is InChI=1S/C15H24ClNO2/c1-11(2)17-10-13-9-14(16)5-6-15(13)19-8-7-18-12(3)4/h5-6,9,11-12,17H,7-8,10H2,1-4H3. The van der Waals surface area contributed by atoms with Crippen LogP contribution in [0.25, 0.3) is 0 Å². The van der Waals surface area contributed by atoms with E-state index in [0.29, 0.717) is 19.3 Å². The summed E-state index contributed by atoms with van der Waals surface area (Å²) in [4.78, 5) is 0. The maximum Gasteiger partial charge on any atom is 0.124 e. The third-order valence-corrected chi connectivity index (χ3v) is 2.75. The average Bonchev–Trinajstić information content (AvgIpc) is 2.33. The molecule has 0 bridgehead atoms. The third kappa shape index (κ3) is 6.81. The highest BCUT2D eigenvalue weighted by Gasteiger charge is 2.06. The fourth-order valence-electron chi connectivity index (χ4n) is 1.58. The van der Waals surface area contributed by atoms with Crippen LogP contribution in [0.5, 0.6) is 5.75 Å². The van der Waals surface area contributed by atoms with Gasteiger partial charge in [0.1, 0.15) is 12.4 Å². The number of halogens is 1. The number of hydrogen-bond donors (Lipinski definition) is 1. The minimum absolute atomic E-state index is 0.232. The minimum Gasteiger partial charge on any atom is -0.491 e. The molecular weight excluding hydrogens is 262 g/mol. The van der Waals surface area contributed by atoms with Crippen LogP contribution in [0.4, 0.5) is 0 Å². The molecule has 0 aliphatic rings. The van der Waals surface area contributed by atoms with Crippen molar-refractivity contribution in [2.24, 2.45) is 0 Å². The van der Waals surface area contributed by atoms with E-state index >= 15 is 0 Å². The van der Waals surface area contributed by atoms with Gasteiger partial charge in [0, 0.05) is 23.2 Å². The van der Waals surface area contributed by atoms with E-state index in [2.05, 4.69) is 19.2 Å². The number of nitrogens with one attached hydrogen (secondary N) is 1. The highest BCUT2D eigenvalue weighted by molar-refractivity contribution is 6.30. The van der Waals surface area contributed by atoms with Crippen molar-refractivity contribution in [1.29, 1.82) is 0 Å². The zero-order valence-corrected chi connectivity index (χ0v) is 13.0. The molecule has 0 aliphatic carbocycles. The number of rotatable bonds is 8. The summed E-state index contributed by atoms with van der Waals surface area (Å²) in [6.07, 6.45) is 0.232. The molecule has 0 spiro atoms. The molecule has 0 unspecified atom stereocenters. The van der Waals surface area contributed by atoms with E-state index < -0.39 is 0 Å². The first-order valence-corrected chi connectivity index (χ1v) is 7.13. The van der Waals surface area contributed by atoms with E-state index in [4.69, 9.17) is 21.1 Å². The van der Waals surface area contributed by atoms with Crippen LogP contribution >= 0.6 is 11.6 Å². The lowest BCUT2D eigenvalue weighted by molar-refractivity contribution is 0.0550. The van der Waals surface area contributed by atoms with E-state index in [9.17, 15) is 0 Å². The number of ether oxygens (including phenoxy) is 2. The second kappa shape index (κ2) is 8.41. The molecule has 108 valence electrons. The maximum atomic E-state index is 6.03. The Labute approximate surface area is 121 Å². The lowest BCUT2D eigenvalue weighted by atomic mass is 10.2.